The predicted molar refractivity (Wildman–Crippen MR) is 91.7 cm³/mol. The van der Waals surface area contributed by atoms with Crippen molar-refractivity contribution in [2.45, 2.75) is 6.92 Å². The molecule has 1 aromatic heterocycles. The molecule has 0 saturated carbocycles. The second-order valence-electron chi connectivity index (χ2n) is 4.76. The van der Waals surface area contributed by atoms with E-state index in [4.69, 9.17) is 11.6 Å². The molecule has 0 radical (unpaired) electrons. The Morgan fingerprint density at radius 2 is 2.04 bits per heavy atom. The number of rotatable bonds is 5. The third-order valence-electron chi connectivity index (χ3n) is 3.32. The van der Waals surface area contributed by atoms with Crippen molar-refractivity contribution in [2.24, 2.45) is 0 Å². The third-order valence-corrected chi connectivity index (χ3v) is 4.55. The lowest BCUT2D eigenvalue weighted by atomic mass is 10.0. The normalized spacial score (nSPS) is 10.2. The van der Waals surface area contributed by atoms with Crippen LogP contribution in [0.3, 0.4) is 0 Å². The fourth-order valence-corrected chi connectivity index (χ4v) is 2.90. The Morgan fingerprint density at radius 3 is 2.61 bits per heavy atom. The summed E-state index contributed by atoms with van der Waals surface area (Å²) in [5.41, 5.74) is 0.713. The van der Waals surface area contributed by atoms with E-state index in [1.807, 2.05) is 6.92 Å². The number of nitrogens with zero attached hydrogens (tertiary/aromatic N) is 1. The summed E-state index contributed by atoms with van der Waals surface area (Å²) < 4.78 is 0.499. The number of thiophene rings is 1. The SMILES string of the molecule is CCN(C)C(=O)c1cccc(NC(=O)c2ccc(Cl)s2)c1C=O. The standard InChI is InChI=1S/C16H15ClN2O3S/c1-3-19(2)16(22)10-5-4-6-12(11(10)9-20)18-15(21)13-7-8-14(17)23-13/h4-9H,3H2,1-2H3,(H,18,21). The van der Waals surface area contributed by atoms with Gasteiger partial charge in [-0.1, -0.05) is 17.7 Å². The number of benzene rings is 1. The molecule has 0 bridgehead atoms. The first-order valence-corrected chi connectivity index (χ1v) is 8.07. The van der Waals surface area contributed by atoms with Crippen molar-refractivity contribution in [3.63, 3.8) is 0 Å². The number of amides is 2. The van der Waals surface area contributed by atoms with Gasteiger partial charge in [-0.15, -0.1) is 11.3 Å². The van der Waals surface area contributed by atoms with Crippen molar-refractivity contribution in [1.82, 2.24) is 4.90 Å². The summed E-state index contributed by atoms with van der Waals surface area (Å²) in [6.07, 6.45) is 0.577. The number of hydrogen-bond acceptors (Lipinski definition) is 4. The molecule has 7 heteroatoms. The van der Waals surface area contributed by atoms with Gasteiger partial charge in [0.1, 0.15) is 0 Å². The Morgan fingerprint density at radius 1 is 1.30 bits per heavy atom. The number of carbonyl (C=O) groups excluding carboxylic acids is 3. The Hall–Kier alpha value is -2.18. The number of carbonyl (C=O) groups is 3. The third kappa shape index (κ3) is 3.78. The molecule has 2 rings (SSSR count). The largest absolute Gasteiger partial charge is 0.342 e. The summed E-state index contributed by atoms with van der Waals surface area (Å²) in [6.45, 7) is 2.35. The Balaban J connectivity index is 2.34. The summed E-state index contributed by atoms with van der Waals surface area (Å²) in [5, 5.41) is 2.65. The lowest BCUT2D eigenvalue weighted by Gasteiger charge is -2.17. The van der Waals surface area contributed by atoms with Crippen molar-refractivity contribution in [1.29, 1.82) is 0 Å². The summed E-state index contributed by atoms with van der Waals surface area (Å²) in [7, 11) is 1.65. The van der Waals surface area contributed by atoms with E-state index in [2.05, 4.69) is 5.32 Å². The quantitative estimate of drug-likeness (QED) is 0.838. The van der Waals surface area contributed by atoms with Crippen LogP contribution in [0.5, 0.6) is 0 Å². The van der Waals surface area contributed by atoms with Crippen molar-refractivity contribution in [3.05, 3.63) is 50.7 Å². The van der Waals surface area contributed by atoms with Gasteiger partial charge in [-0.2, -0.15) is 0 Å². The van der Waals surface area contributed by atoms with E-state index >= 15 is 0 Å². The molecule has 23 heavy (non-hydrogen) atoms. The van der Waals surface area contributed by atoms with E-state index in [-0.39, 0.29) is 22.9 Å². The zero-order valence-electron chi connectivity index (χ0n) is 12.6. The van der Waals surface area contributed by atoms with E-state index in [1.165, 1.54) is 4.90 Å². The zero-order chi connectivity index (χ0) is 17.0. The summed E-state index contributed by atoms with van der Waals surface area (Å²) >= 11 is 6.95. The average molecular weight is 351 g/mol. The minimum absolute atomic E-state index is 0.161. The minimum atomic E-state index is -0.376. The van der Waals surface area contributed by atoms with Gasteiger partial charge in [0, 0.05) is 13.6 Å². The molecule has 0 saturated heterocycles. The van der Waals surface area contributed by atoms with Crippen LogP contribution in [0.1, 0.15) is 37.3 Å². The van der Waals surface area contributed by atoms with Crippen molar-refractivity contribution < 1.29 is 14.4 Å². The highest BCUT2D eigenvalue weighted by atomic mass is 35.5. The molecular weight excluding hydrogens is 336 g/mol. The van der Waals surface area contributed by atoms with Crippen LogP contribution in [0, 0.1) is 0 Å². The van der Waals surface area contributed by atoms with Crippen LogP contribution in [0.25, 0.3) is 0 Å². The maximum atomic E-state index is 12.3. The summed E-state index contributed by atoms with van der Waals surface area (Å²) in [4.78, 5) is 37.9. The van der Waals surface area contributed by atoms with E-state index in [0.717, 1.165) is 11.3 Å². The number of halogens is 1. The highest BCUT2D eigenvalue weighted by Crippen LogP contribution is 2.24. The van der Waals surface area contributed by atoms with Crippen molar-refractivity contribution in [3.8, 4) is 0 Å². The fraction of sp³-hybridized carbons (Fsp3) is 0.188. The second kappa shape index (κ2) is 7.39. The van der Waals surface area contributed by atoms with Crippen LogP contribution in [0.2, 0.25) is 4.34 Å². The minimum Gasteiger partial charge on any atom is -0.342 e. The number of aldehydes is 1. The van der Waals surface area contributed by atoms with Crippen LogP contribution >= 0.6 is 22.9 Å². The predicted octanol–water partition coefficient (Wildman–Crippen LogP) is 3.56. The van der Waals surface area contributed by atoms with Gasteiger partial charge in [-0.05, 0) is 31.2 Å². The van der Waals surface area contributed by atoms with Gasteiger partial charge in [-0.3, -0.25) is 14.4 Å². The molecule has 2 aromatic rings. The van der Waals surface area contributed by atoms with Crippen molar-refractivity contribution in [2.75, 3.05) is 18.9 Å². The topological polar surface area (TPSA) is 66.5 Å². The van der Waals surface area contributed by atoms with Crippen LogP contribution in [0.4, 0.5) is 5.69 Å². The Bertz CT molecular complexity index is 758. The highest BCUT2D eigenvalue weighted by molar-refractivity contribution is 7.18. The molecule has 0 fully saturated rings. The van der Waals surface area contributed by atoms with Crippen molar-refractivity contribution >= 4 is 46.7 Å². The fourth-order valence-electron chi connectivity index (χ4n) is 1.96. The summed E-state index contributed by atoms with van der Waals surface area (Å²) in [6, 6.07) is 8.00. The smallest absolute Gasteiger partial charge is 0.265 e. The maximum absolute atomic E-state index is 12.3. The van der Waals surface area contributed by atoms with E-state index in [1.54, 1.807) is 37.4 Å². The molecule has 0 unspecified atom stereocenters. The first-order chi connectivity index (χ1) is 11.0. The number of anilines is 1. The summed E-state index contributed by atoms with van der Waals surface area (Å²) in [5.74, 6) is -0.650. The molecule has 1 heterocycles. The van der Waals surface area contributed by atoms with Gasteiger partial charge in [0.2, 0.25) is 0 Å². The van der Waals surface area contributed by atoms with Gasteiger partial charge in [0.05, 0.1) is 26.0 Å². The second-order valence-corrected chi connectivity index (χ2v) is 6.48. The lowest BCUT2D eigenvalue weighted by Crippen LogP contribution is -2.27. The first kappa shape index (κ1) is 17.2. The molecule has 0 atom stereocenters. The van der Waals surface area contributed by atoms with Crippen LogP contribution in [0.15, 0.2) is 30.3 Å². The van der Waals surface area contributed by atoms with Gasteiger partial charge < -0.3 is 10.2 Å². The molecular formula is C16H15ClN2O3S. The van der Waals surface area contributed by atoms with Crippen LogP contribution in [-0.4, -0.2) is 36.6 Å². The average Bonchev–Trinajstić information content (AvgIpc) is 2.99. The Labute approximate surface area is 142 Å². The molecule has 0 aliphatic rings. The maximum Gasteiger partial charge on any atom is 0.265 e. The zero-order valence-corrected chi connectivity index (χ0v) is 14.2. The van der Waals surface area contributed by atoms with Gasteiger partial charge in [0.25, 0.3) is 11.8 Å². The highest BCUT2D eigenvalue weighted by Gasteiger charge is 2.19. The van der Waals surface area contributed by atoms with Crippen LogP contribution in [-0.2, 0) is 0 Å². The molecule has 0 aliphatic heterocycles. The first-order valence-electron chi connectivity index (χ1n) is 6.88. The molecule has 0 aliphatic carbocycles. The monoisotopic (exact) mass is 350 g/mol. The molecule has 1 aromatic carbocycles. The molecule has 1 N–H and O–H groups in total. The Kier molecular flexibility index (Phi) is 5.52. The van der Waals surface area contributed by atoms with E-state index in [9.17, 15) is 14.4 Å². The molecule has 5 nitrogen and oxygen atoms in total. The van der Waals surface area contributed by atoms with E-state index in [0.29, 0.717) is 27.7 Å². The van der Waals surface area contributed by atoms with Gasteiger partial charge >= 0.3 is 0 Å². The van der Waals surface area contributed by atoms with E-state index < -0.39 is 0 Å². The molecule has 0 spiro atoms. The van der Waals surface area contributed by atoms with Crippen LogP contribution < -0.4 is 5.32 Å². The molecule has 120 valence electrons. The van der Waals surface area contributed by atoms with Gasteiger partial charge in [0.15, 0.2) is 6.29 Å². The van der Waals surface area contributed by atoms with Gasteiger partial charge in [-0.25, -0.2) is 0 Å². The molecule has 2 amide bonds. The lowest BCUT2D eigenvalue weighted by molar-refractivity contribution is 0.0799. The number of nitrogens with one attached hydrogen (secondary N) is 1. The number of hydrogen-bond donors (Lipinski definition) is 1.